The van der Waals surface area contributed by atoms with Gasteiger partial charge in [-0.25, -0.2) is 0 Å². The van der Waals surface area contributed by atoms with Gasteiger partial charge in [0.05, 0.1) is 24.5 Å². The van der Waals surface area contributed by atoms with E-state index < -0.39 is 0 Å². The molecular formula is C10H13N5O2S. The molecule has 3 heterocycles. The van der Waals surface area contributed by atoms with Gasteiger partial charge in [0.25, 0.3) is 11.8 Å². The van der Waals surface area contributed by atoms with Crippen molar-refractivity contribution in [2.75, 3.05) is 36.9 Å². The molecule has 3 rings (SSSR count). The minimum atomic E-state index is 0.431. The van der Waals surface area contributed by atoms with Crippen molar-refractivity contribution in [3.63, 3.8) is 0 Å². The first-order valence-electron chi connectivity index (χ1n) is 5.64. The number of nitrogens with zero attached hydrogens (tertiary/aromatic N) is 4. The van der Waals surface area contributed by atoms with Gasteiger partial charge in [0.2, 0.25) is 0 Å². The summed E-state index contributed by atoms with van der Waals surface area (Å²) in [7, 11) is 0. The Morgan fingerprint density at radius 3 is 2.78 bits per heavy atom. The topological polar surface area (TPSA) is 90.3 Å². The van der Waals surface area contributed by atoms with Crippen molar-refractivity contribution >= 4 is 22.5 Å². The molecule has 0 bridgehead atoms. The van der Waals surface area contributed by atoms with Crippen molar-refractivity contribution in [3.8, 4) is 11.5 Å². The van der Waals surface area contributed by atoms with Crippen LogP contribution in [-0.4, -0.2) is 40.8 Å². The summed E-state index contributed by atoms with van der Waals surface area (Å²) < 4.78 is 14.7. The van der Waals surface area contributed by atoms with Crippen LogP contribution >= 0.6 is 11.5 Å². The Labute approximate surface area is 108 Å². The maximum atomic E-state index is 5.86. The standard InChI is InChI=1S/C10H13N5O2S/c1-6-7(8(11)18-14-6)9-12-10(13-17-9)15-2-4-16-5-3-15/h2-5,11H2,1H3. The van der Waals surface area contributed by atoms with Gasteiger partial charge in [0, 0.05) is 13.1 Å². The number of hydrogen-bond donors (Lipinski definition) is 1. The van der Waals surface area contributed by atoms with E-state index in [4.69, 9.17) is 15.0 Å². The van der Waals surface area contributed by atoms with Crippen molar-refractivity contribution in [1.29, 1.82) is 0 Å². The average molecular weight is 267 g/mol. The summed E-state index contributed by atoms with van der Waals surface area (Å²) in [5.41, 5.74) is 7.41. The molecule has 7 nitrogen and oxygen atoms in total. The predicted octanol–water partition coefficient (Wildman–Crippen LogP) is 0.920. The molecule has 2 aromatic rings. The Kier molecular flexibility index (Phi) is 2.88. The molecule has 0 aromatic carbocycles. The Balaban J connectivity index is 1.89. The number of aryl methyl sites for hydroxylation is 1. The smallest absolute Gasteiger partial charge is 0.266 e. The highest BCUT2D eigenvalue weighted by atomic mass is 32.1. The molecule has 0 radical (unpaired) electrons. The number of anilines is 2. The van der Waals surface area contributed by atoms with Gasteiger partial charge in [0.1, 0.15) is 5.00 Å². The molecule has 18 heavy (non-hydrogen) atoms. The molecule has 1 aliphatic heterocycles. The third-order valence-electron chi connectivity index (χ3n) is 2.81. The predicted molar refractivity (Wildman–Crippen MR) is 67.6 cm³/mol. The Morgan fingerprint density at radius 1 is 1.33 bits per heavy atom. The molecule has 0 saturated carbocycles. The van der Waals surface area contributed by atoms with E-state index in [0.29, 0.717) is 30.1 Å². The summed E-state index contributed by atoms with van der Waals surface area (Å²) in [5, 5.41) is 4.59. The lowest BCUT2D eigenvalue weighted by molar-refractivity contribution is 0.121. The van der Waals surface area contributed by atoms with Gasteiger partial charge in [-0.1, -0.05) is 0 Å². The third-order valence-corrected chi connectivity index (χ3v) is 3.58. The Hall–Kier alpha value is -1.67. The van der Waals surface area contributed by atoms with Crippen LogP contribution in [0.25, 0.3) is 11.5 Å². The minimum absolute atomic E-state index is 0.431. The van der Waals surface area contributed by atoms with Crippen molar-refractivity contribution in [3.05, 3.63) is 5.69 Å². The van der Waals surface area contributed by atoms with Crippen LogP contribution in [0.5, 0.6) is 0 Å². The molecule has 1 saturated heterocycles. The summed E-state index contributed by atoms with van der Waals surface area (Å²) in [4.78, 5) is 6.41. The summed E-state index contributed by atoms with van der Waals surface area (Å²) in [6.45, 7) is 4.79. The second-order valence-corrected chi connectivity index (χ2v) is 4.81. The fraction of sp³-hybridized carbons (Fsp3) is 0.500. The first-order valence-corrected chi connectivity index (χ1v) is 6.41. The lowest BCUT2D eigenvalue weighted by Gasteiger charge is -2.24. The number of hydrogen-bond acceptors (Lipinski definition) is 8. The molecule has 8 heteroatoms. The van der Waals surface area contributed by atoms with Crippen LogP contribution in [0.2, 0.25) is 0 Å². The SMILES string of the molecule is Cc1nsc(N)c1-c1nc(N2CCOCC2)no1. The summed E-state index contributed by atoms with van der Waals surface area (Å²) >= 11 is 1.24. The largest absolute Gasteiger partial charge is 0.389 e. The van der Waals surface area contributed by atoms with Crippen molar-refractivity contribution in [1.82, 2.24) is 14.5 Å². The molecule has 0 amide bonds. The Bertz CT molecular complexity index is 527. The Morgan fingerprint density at radius 2 is 2.11 bits per heavy atom. The first-order chi connectivity index (χ1) is 8.75. The summed E-state index contributed by atoms with van der Waals surface area (Å²) in [6, 6.07) is 0. The first kappa shape index (κ1) is 11.4. The van der Waals surface area contributed by atoms with E-state index in [1.165, 1.54) is 11.5 Å². The number of morpholine rings is 1. The highest BCUT2D eigenvalue weighted by Gasteiger charge is 2.21. The zero-order valence-corrected chi connectivity index (χ0v) is 10.7. The molecule has 0 aliphatic carbocycles. The van der Waals surface area contributed by atoms with Crippen molar-refractivity contribution < 1.29 is 9.26 Å². The van der Waals surface area contributed by atoms with Crippen LogP contribution in [0.3, 0.4) is 0 Å². The van der Waals surface area contributed by atoms with Gasteiger partial charge in [-0.2, -0.15) is 9.36 Å². The van der Waals surface area contributed by atoms with Crippen LogP contribution in [-0.2, 0) is 4.74 Å². The average Bonchev–Trinajstić information content (AvgIpc) is 2.98. The molecule has 1 fully saturated rings. The van der Waals surface area contributed by atoms with E-state index in [1.807, 2.05) is 11.8 Å². The highest BCUT2D eigenvalue weighted by Crippen LogP contribution is 2.31. The fourth-order valence-electron chi connectivity index (χ4n) is 1.86. The van der Waals surface area contributed by atoms with Crippen molar-refractivity contribution in [2.45, 2.75) is 6.92 Å². The number of nitrogen functional groups attached to an aromatic ring is 1. The summed E-state index contributed by atoms with van der Waals surface area (Å²) in [6.07, 6.45) is 0. The lowest BCUT2D eigenvalue weighted by Crippen LogP contribution is -2.36. The molecular weight excluding hydrogens is 254 g/mol. The summed E-state index contributed by atoms with van der Waals surface area (Å²) in [5.74, 6) is 1.01. The van der Waals surface area contributed by atoms with Crippen LogP contribution in [0.1, 0.15) is 5.69 Å². The second kappa shape index (κ2) is 4.54. The van der Waals surface area contributed by atoms with Crippen LogP contribution in [0.15, 0.2) is 4.52 Å². The van der Waals surface area contributed by atoms with Gasteiger partial charge in [0.15, 0.2) is 0 Å². The van der Waals surface area contributed by atoms with E-state index in [9.17, 15) is 0 Å². The molecule has 0 spiro atoms. The zero-order valence-electron chi connectivity index (χ0n) is 9.92. The highest BCUT2D eigenvalue weighted by molar-refractivity contribution is 7.10. The van der Waals surface area contributed by atoms with Gasteiger partial charge >= 0.3 is 0 Å². The molecule has 2 aromatic heterocycles. The fourth-order valence-corrected chi connectivity index (χ4v) is 2.51. The molecule has 1 aliphatic rings. The molecule has 2 N–H and O–H groups in total. The second-order valence-electron chi connectivity index (χ2n) is 4.01. The maximum Gasteiger partial charge on any atom is 0.266 e. The minimum Gasteiger partial charge on any atom is -0.389 e. The monoisotopic (exact) mass is 267 g/mol. The van der Waals surface area contributed by atoms with Gasteiger partial charge in [-0.15, -0.1) is 0 Å². The third kappa shape index (κ3) is 1.93. The van der Waals surface area contributed by atoms with Crippen molar-refractivity contribution in [2.24, 2.45) is 0 Å². The van der Waals surface area contributed by atoms with E-state index in [1.54, 1.807) is 0 Å². The van der Waals surface area contributed by atoms with E-state index >= 15 is 0 Å². The van der Waals surface area contributed by atoms with E-state index in [0.717, 1.165) is 24.3 Å². The quantitative estimate of drug-likeness (QED) is 0.865. The van der Waals surface area contributed by atoms with Gasteiger partial charge < -0.3 is 19.9 Å². The molecule has 0 atom stereocenters. The molecule has 0 unspecified atom stereocenters. The lowest BCUT2D eigenvalue weighted by atomic mass is 10.2. The van der Waals surface area contributed by atoms with Crippen LogP contribution in [0.4, 0.5) is 10.9 Å². The van der Waals surface area contributed by atoms with Gasteiger partial charge in [-0.05, 0) is 23.6 Å². The normalized spacial score (nSPS) is 16.2. The number of aromatic nitrogens is 3. The maximum absolute atomic E-state index is 5.86. The van der Waals surface area contributed by atoms with E-state index in [-0.39, 0.29) is 0 Å². The van der Waals surface area contributed by atoms with Gasteiger partial charge in [-0.3, -0.25) is 0 Å². The van der Waals surface area contributed by atoms with E-state index in [2.05, 4.69) is 14.5 Å². The number of nitrogens with two attached hydrogens (primary N) is 1. The molecule has 96 valence electrons. The van der Waals surface area contributed by atoms with Crippen LogP contribution < -0.4 is 10.6 Å². The number of rotatable bonds is 2. The van der Waals surface area contributed by atoms with Crippen LogP contribution in [0, 0.1) is 6.92 Å². The number of ether oxygens (including phenoxy) is 1. The zero-order chi connectivity index (χ0) is 12.5.